The maximum absolute atomic E-state index is 10.3. The van der Waals surface area contributed by atoms with E-state index in [-0.39, 0.29) is 13.2 Å². The first-order valence-electron chi connectivity index (χ1n) is 3.48. The third-order valence-electron chi connectivity index (χ3n) is 1.66. The van der Waals surface area contributed by atoms with Crippen LogP contribution in [0, 0.1) is 6.92 Å². The number of hydrogen-bond acceptors (Lipinski definition) is 3. The molecule has 5 nitrogen and oxygen atoms in total. The molecule has 0 aliphatic carbocycles. The van der Waals surface area contributed by atoms with E-state index in [1.807, 2.05) is 0 Å². The van der Waals surface area contributed by atoms with Crippen LogP contribution in [0.2, 0.25) is 0 Å². The number of aliphatic hydroxyl groups is 1. The number of nitrogens with zero attached hydrogens (tertiary/aromatic N) is 2. The second-order valence-electron chi connectivity index (χ2n) is 2.46. The van der Waals surface area contributed by atoms with Crippen LogP contribution in [0.5, 0.6) is 0 Å². The molecule has 12 heavy (non-hydrogen) atoms. The van der Waals surface area contributed by atoms with Crippen LogP contribution >= 0.6 is 0 Å². The Morgan fingerprint density at radius 2 is 2.42 bits per heavy atom. The average molecular weight is 170 g/mol. The van der Waals surface area contributed by atoms with Gasteiger partial charge in [0.15, 0.2) is 0 Å². The summed E-state index contributed by atoms with van der Waals surface area (Å²) >= 11 is 0. The molecule has 0 atom stereocenters. The zero-order valence-corrected chi connectivity index (χ0v) is 6.69. The molecule has 0 aromatic carbocycles. The van der Waals surface area contributed by atoms with Gasteiger partial charge >= 0.3 is 5.97 Å². The van der Waals surface area contributed by atoms with Crippen molar-refractivity contribution in [2.45, 2.75) is 20.1 Å². The molecule has 0 fully saturated rings. The minimum Gasteiger partial charge on any atom is -0.480 e. The summed E-state index contributed by atoms with van der Waals surface area (Å²) in [5, 5.41) is 17.2. The number of aliphatic hydroxyl groups excluding tert-OH is 1. The third-order valence-corrected chi connectivity index (χ3v) is 1.66. The van der Waals surface area contributed by atoms with Crippen LogP contribution in [0.25, 0.3) is 0 Å². The lowest BCUT2D eigenvalue weighted by atomic mass is 10.3. The predicted octanol–water partition coefficient (Wildman–Crippen LogP) is -0.232. The number of hydrogen-bond donors (Lipinski definition) is 2. The Morgan fingerprint density at radius 1 is 1.75 bits per heavy atom. The van der Waals surface area contributed by atoms with Gasteiger partial charge in [0.2, 0.25) is 0 Å². The fraction of sp³-hybridized carbons (Fsp3) is 0.429. The Morgan fingerprint density at radius 3 is 2.83 bits per heavy atom. The second-order valence-corrected chi connectivity index (χ2v) is 2.46. The highest BCUT2D eigenvalue weighted by atomic mass is 16.4. The Kier molecular flexibility index (Phi) is 2.44. The lowest BCUT2D eigenvalue weighted by Gasteiger charge is -2.00. The molecule has 1 heterocycles. The van der Waals surface area contributed by atoms with Crippen molar-refractivity contribution in [1.82, 2.24) is 9.55 Å². The summed E-state index contributed by atoms with van der Waals surface area (Å²) in [5.74, 6) is -0.917. The van der Waals surface area contributed by atoms with Crippen LogP contribution in [0.1, 0.15) is 11.4 Å². The van der Waals surface area contributed by atoms with E-state index in [1.54, 1.807) is 6.92 Å². The summed E-state index contributed by atoms with van der Waals surface area (Å²) in [6.45, 7) is 1.46. The predicted molar refractivity (Wildman–Crippen MR) is 40.5 cm³/mol. The Bertz CT molecular complexity index is 293. The van der Waals surface area contributed by atoms with Crippen LogP contribution in [0.15, 0.2) is 6.33 Å². The summed E-state index contributed by atoms with van der Waals surface area (Å²) < 4.78 is 1.48. The van der Waals surface area contributed by atoms with Crippen LogP contribution in [-0.4, -0.2) is 25.7 Å². The molecule has 0 saturated heterocycles. The molecule has 0 saturated carbocycles. The van der Waals surface area contributed by atoms with Crippen molar-refractivity contribution in [1.29, 1.82) is 0 Å². The van der Waals surface area contributed by atoms with Gasteiger partial charge in [0, 0.05) is 5.69 Å². The average Bonchev–Trinajstić information content (AvgIpc) is 2.32. The van der Waals surface area contributed by atoms with Gasteiger partial charge in [0.25, 0.3) is 0 Å². The molecule has 0 radical (unpaired) electrons. The van der Waals surface area contributed by atoms with E-state index in [4.69, 9.17) is 10.2 Å². The molecule has 2 N–H and O–H groups in total. The molecule has 5 heteroatoms. The maximum Gasteiger partial charge on any atom is 0.323 e. The van der Waals surface area contributed by atoms with Crippen molar-refractivity contribution >= 4 is 5.97 Å². The standard InChI is InChI=1S/C7H10N2O3/c1-5-6(3-10)8-4-9(5)2-7(11)12/h4,10H,2-3H2,1H3,(H,11,12). The minimum absolute atomic E-state index is 0.112. The number of carboxylic acid groups (broad SMARTS) is 1. The maximum atomic E-state index is 10.3. The zero-order chi connectivity index (χ0) is 9.14. The first-order valence-corrected chi connectivity index (χ1v) is 3.48. The van der Waals surface area contributed by atoms with Crippen molar-refractivity contribution in [3.8, 4) is 0 Å². The summed E-state index contributed by atoms with van der Waals surface area (Å²) in [7, 11) is 0. The lowest BCUT2D eigenvalue weighted by Crippen LogP contribution is -2.09. The molecule has 1 rings (SSSR count). The summed E-state index contributed by atoms with van der Waals surface area (Å²) in [6.07, 6.45) is 1.41. The summed E-state index contributed by atoms with van der Waals surface area (Å²) in [6, 6.07) is 0. The Hall–Kier alpha value is -1.36. The van der Waals surface area contributed by atoms with Crippen LogP contribution in [0.3, 0.4) is 0 Å². The SMILES string of the molecule is Cc1c(CO)ncn1CC(=O)O. The van der Waals surface area contributed by atoms with Gasteiger partial charge < -0.3 is 14.8 Å². The third kappa shape index (κ3) is 1.62. The monoisotopic (exact) mass is 170 g/mol. The van der Waals surface area contributed by atoms with Gasteiger partial charge in [-0.1, -0.05) is 0 Å². The molecule has 0 unspecified atom stereocenters. The smallest absolute Gasteiger partial charge is 0.323 e. The zero-order valence-electron chi connectivity index (χ0n) is 6.69. The number of rotatable bonds is 3. The number of imidazole rings is 1. The topological polar surface area (TPSA) is 75.4 Å². The molecule has 0 amide bonds. The molecule has 0 bridgehead atoms. The van der Waals surface area contributed by atoms with Crippen molar-refractivity contribution < 1.29 is 15.0 Å². The second kappa shape index (κ2) is 3.36. The van der Waals surface area contributed by atoms with E-state index in [9.17, 15) is 4.79 Å². The van der Waals surface area contributed by atoms with E-state index >= 15 is 0 Å². The van der Waals surface area contributed by atoms with Crippen molar-refractivity contribution in [2.24, 2.45) is 0 Å². The highest BCUT2D eigenvalue weighted by Gasteiger charge is 2.07. The van der Waals surface area contributed by atoms with Crippen molar-refractivity contribution in [3.63, 3.8) is 0 Å². The molecule has 0 spiro atoms. The van der Waals surface area contributed by atoms with Gasteiger partial charge in [-0.3, -0.25) is 4.79 Å². The summed E-state index contributed by atoms with van der Waals surface area (Å²) in [4.78, 5) is 14.1. The molecule has 0 aliphatic rings. The Labute approximate surface area is 69.3 Å². The minimum atomic E-state index is -0.917. The van der Waals surface area contributed by atoms with Gasteiger partial charge in [0.1, 0.15) is 6.54 Å². The van der Waals surface area contributed by atoms with E-state index < -0.39 is 5.97 Å². The van der Waals surface area contributed by atoms with Gasteiger partial charge in [-0.2, -0.15) is 0 Å². The number of carbonyl (C=O) groups is 1. The Balaban J connectivity index is 2.87. The molecule has 1 aromatic rings. The molecule has 0 aliphatic heterocycles. The number of carboxylic acids is 1. The van der Waals surface area contributed by atoms with E-state index in [2.05, 4.69) is 4.98 Å². The highest BCUT2D eigenvalue weighted by Crippen LogP contribution is 2.04. The highest BCUT2D eigenvalue weighted by molar-refractivity contribution is 5.66. The quantitative estimate of drug-likeness (QED) is 0.657. The number of aromatic nitrogens is 2. The van der Waals surface area contributed by atoms with Crippen LogP contribution < -0.4 is 0 Å². The van der Waals surface area contributed by atoms with Crippen molar-refractivity contribution in [2.75, 3.05) is 0 Å². The van der Waals surface area contributed by atoms with Crippen molar-refractivity contribution in [3.05, 3.63) is 17.7 Å². The lowest BCUT2D eigenvalue weighted by molar-refractivity contribution is -0.137. The van der Waals surface area contributed by atoms with Gasteiger partial charge in [-0.25, -0.2) is 4.98 Å². The molecular weight excluding hydrogens is 160 g/mol. The normalized spacial score (nSPS) is 10.2. The molecule has 1 aromatic heterocycles. The van der Waals surface area contributed by atoms with E-state index in [1.165, 1.54) is 10.9 Å². The largest absolute Gasteiger partial charge is 0.480 e. The summed E-state index contributed by atoms with van der Waals surface area (Å²) in [5.41, 5.74) is 1.22. The van der Waals surface area contributed by atoms with Gasteiger partial charge in [-0.15, -0.1) is 0 Å². The van der Waals surface area contributed by atoms with Crippen LogP contribution in [-0.2, 0) is 17.9 Å². The fourth-order valence-electron chi connectivity index (χ4n) is 0.946. The molecule has 66 valence electrons. The van der Waals surface area contributed by atoms with Gasteiger partial charge in [-0.05, 0) is 6.92 Å². The molecular formula is C7H10N2O3. The van der Waals surface area contributed by atoms with E-state index in [0.29, 0.717) is 11.4 Å². The fourth-order valence-corrected chi connectivity index (χ4v) is 0.946. The first-order chi connectivity index (χ1) is 5.65. The van der Waals surface area contributed by atoms with E-state index in [0.717, 1.165) is 0 Å². The number of aliphatic carboxylic acids is 1. The van der Waals surface area contributed by atoms with Gasteiger partial charge in [0.05, 0.1) is 18.6 Å². The van der Waals surface area contributed by atoms with Crippen LogP contribution in [0.4, 0.5) is 0 Å². The first kappa shape index (κ1) is 8.73.